The molecule has 8 heteroatoms. The van der Waals surface area contributed by atoms with Gasteiger partial charge in [0.1, 0.15) is 5.69 Å². The molecular weight excluding hydrogens is 383 g/mol. The summed E-state index contributed by atoms with van der Waals surface area (Å²) in [5.74, 6) is 0.403. The minimum absolute atomic E-state index is 0.223. The van der Waals surface area contributed by atoms with Gasteiger partial charge in [0, 0.05) is 17.7 Å². The van der Waals surface area contributed by atoms with Gasteiger partial charge in [-0.15, -0.1) is 0 Å². The van der Waals surface area contributed by atoms with Crippen LogP contribution in [0.1, 0.15) is 5.56 Å². The Morgan fingerprint density at radius 1 is 1.27 bits per heavy atom. The van der Waals surface area contributed by atoms with Crippen molar-refractivity contribution in [2.45, 2.75) is 6.18 Å². The topological polar surface area (TPSA) is 30.7 Å². The summed E-state index contributed by atoms with van der Waals surface area (Å²) in [4.78, 5) is 8.42. The van der Waals surface area contributed by atoms with Crippen LogP contribution in [0.15, 0.2) is 34.9 Å². The highest BCUT2D eigenvalue weighted by Crippen LogP contribution is 2.37. The van der Waals surface area contributed by atoms with E-state index in [-0.39, 0.29) is 5.52 Å². The number of aromatic nitrogens is 3. The fourth-order valence-corrected chi connectivity index (χ4v) is 3.14. The molecule has 0 aliphatic carbocycles. The lowest BCUT2D eigenvalue weighted by Crippen LogP contribution is -2.04. The lowest BCUT2D eigenvalue weighted by Gasteiger charge is -2.08. The van der Waals surface area contributed by atoms with Crippen LogP contribution in [0.2, 0.25) is 5.02 Å². The molecule has 0 N–H and O–H groups in total. The number of nitrogens with zero attached hydrogens (tertiary/aromatic N) is 3. The summed E-state index contributed by atoms with van der Waals surface area (Å²) in [7, 11) is 1.70. The summed E-state index contributed by atoms with van der Waals surface area (Å²) in [5, 5.41) is 0.382. The zero-order valence-electron chi connectivity index (χ0n) is 11.1. The van der Waals surface area contributed by atoms with Crippen LogP contribution in [-0.4, -0.2) is 14.5 Å². The molecular formula is C14H8BrClF3N3. The highest BCUT2D eigenvalue weighted by Gasteiger charge is 2.32. The van der Waals surface area contributed by atoms with E-state index in [4.69, 9.17) is 11.6 Å². The predicted octanol–water partition coefficient (Wildman–Crippen LogP) is 5.07. The quantitative estimate of drug-likeness (QED) is 0.581. The summed E-state index contributed by atoms with van der Waals surface area (Å²) in [6, 6.07) is 5.37. The van der Waals surface area contributed by atoms with Crippen molar-refractivity contribution in [2.24, 2.45) is 7.05 Å². The second kappa shape index (κ2) is 5.24. The molecule has 2 aromatic heterocycles. The molecule has 0 radical (unpaired) electrons. The number of halogens is 5. The second-order valence-corrected chi connectivity index (χ2v) is 5.91. The Labute approximate surface area is 136 Å². The van der Waals surface area contributed by atoms with Crippen molar-refractivity contribution in [3.63, 3.8) is 0 Å². The maximum atomic E-state index is 12.9. The number of rotatable bonds is 1. The Balaban J connectivity index is 2.30. The van der Waals surface area contributed by atoms with Gasteiger partial charge < -0.3 is 4.57 Å². The van der Waals surface area contributed by atoms with Gasteiger partial charge in [-0.05, 0) is 40.2 Å². The molecule has 0 fully saturated rings. The molecule has 0 saturated carbocycles. The summed E-state index contributed by atoms with van der Waals surface area (Å²) in [6.07, 6.45) is -2.88. The number of aryl methyl sites for hydroxylation is 1. The molecule has 0 spiro atoms. The third-order valence-corrected chi connectivity index (χ3v) is 4.13. The van der Waals surface area contributed by atoms with Crippen molar-refractivity contribution in [3.8, 4) is 11.5 Å². The lowest BCUT2D eigenvalue weighted by atomic mass is 10.2. The van der Waals surface area contributed by atoms with Crippen LogP contribution >= 0.6 is 27.5 Å². The SMILES string of the molecule is Cn1c(-c2ncccc2Cl)nc2cc(C(F)(F)F)cc(Br)c21. The molecule has 0 bridgehead atoms. The molecule has 3 rings (SSSR count). The smallest absolute Gasteiger partial charge is 0.325 e. The highest BCUT2D eigenvalue weighted by atomic mass is 79.9. The molecule has 0 amide bonds. The molecule has 3 aromatic rings. The minimum Gasteiger partial charge on any atom is -0.325 e. The first kappa shape index (κ1) is 15.3. The summed E-state index contributed by atoms with van der Waals surface area (Å²) in [5.41, 5.74) is 0.428. The van der Waals surface area contributed by atoms with Crippen LogP contribution in [0.3, 0.4) is 0 Å². The van der Waals surface area contributed by atoms with E-state index in [1.165, 1.54) is 0 Å². The van der Waals surface area contributed by atoms with Crippen molar-refractivity contribution in [3.05, 3.63) is 45.5 Å². The molecule has 1 aromatic carbocycles. The average Bonchev–Trinajstić information content (AvgIpc) is 2.76. The Morgan fingerprint density at radius 3 is 2.64 bits per heavy atom. The highest BCUT2D eigenvalue weighted by molar-refractivity contribution is 9.10. The van der Waals surface area contributed by atoms with Gasteiger partial charge in [-0.2, -0.15) is 13.2 Å². The fourth-order valence-electron chi connectivity index (χ4n) is 2.22. The zero-order chi connectivity index (χ0) is 16.1. The molecule has 0 atom stereocenters. The normalized spacial score (nSPS) is 12.1. The van der Waals surface area contributed by atoms with E-state index >= 15 is 0 Å². The lowest BCUT2D eigenvalue weighted by molar-refractivity contribution is -0.137. The molecule has 3 nitrogen and oxygen atoms in total. The van der Waals surface area contributed by atoms with Crippen molar-refractivity contribution < 1.29 is 13.2 Å². The van der Waals surface area contributed by atoms with Crippen LogP contribution in [0.4, 0.5) is 13.2 Å². The number of pyridine rings is 1. The average molecular weight is 391 g/mol. The van der Waals surface area contributed by atoms with E-state index < -0.39 is 11.7 Å². The van der Waals surface area contributed by atoms with Gasteiger partial charge in [-0.25, -0.2) is 4.98 Å². The number of benzene rings is 1. The molecule has 22 heavy (non-hydrogen) atoms. The first-order valence-corrected chi connectivity index (χ1v) is 7.30. The second-order valence-electron chi connectivity index (χ2n) is 4.65. The van der Waals surface area contributed by atoms with Crippen LogP contribution in [0.25, 0.3) is 22.6 Å². The van der Waals surface area contributed by atoms with Gasteiger partial charge in [0.05, 0.1) is 21.6 Å². The molecule has 0 unspecified atom stereocenters. The minimum atomic E-state index is -4.43. The third kappa shape index (κ3) is 2.48. The van der Waals surface area contributed by atoms with E-state index in [9.17, 15) is 13.2 Å². The van der Waals surface area contributed by atoms with E-state index in [1.807, 2.05) is 0 Å². The first-order chi connectivity index (χ1) is 10.3. The van der Waals surface area contributed by atoms with Gasteiger partial charge >= 0.3 is 6.18 Å². The molecule has 0 aliphatic heterocycles. The van der Waals surface area contributed by atoms with Crippen molar-refractivity contribution in [2.75, 3.05) is 0 Å². The van der Waals surface area contributed by atoms with Gasteiger partial charge in [-0.1, -0.05) is 11.6 Å². The fraction of sp³-hybridized carbons (Fsp3) is 0.143. The Bertz CT molecular complexity index is 874. The van der Waals surface area contributed by atoms with Gasteiger partial charge in [0.2, 0.25) is 0 Å². The Morgan fingerprint density at radius 2 is 2.00 bits per heavy atom. The third-order valence-electron chi connectivity index (χ3n) is 3.22. The van der Waals surface area contributed by atoms with E-state index in [2.05, 4.69) is 25.9 Å². The van der Waals surface area contributed by atoms with Crippen LogP contribution < -0.4 is 0 Å². The van der Waals surface area contributed by atoms with E-state index in [0.717, 1.165) is 12.1 Å². The predicted molar refractivity (Wildman–Crippen MR) is 81.7 cm³/mol. The molecule has 2 heterocycles. The van der Waals surface area contributed by atoms with Gasteiger partial charge in [-0.3, -0.25) is 4.98 Å². The largest absolute Gasteiger partial charge is 0.416 e. The van der Waals surface area contributed by atoms with Gasteiger partial charge in [0.15, 0.2) is 5.82 Å². The standard InChI is InChI=1S/C14H8BrClF3N3/c1-22-12-8(15)5-7(14(17,18)19)6-10(12)21-13(22)11-9(16)3-2-4-20-11/h2-6H,1H3. The summed E-state index contributed by atoms with van der Waals surface area (Å²) in [6.45, 7) is 0. The van der Waals surface area contributed by atoms with Crippen molar-refractivity contribution >= 4 is 38.6 Å². The first-order valence-electron chi connectivity index (χ1n) is 6.13. The Kier molecular flexibility index (Phi) is 3.65. The van der Waals surface area contributed by atoms with Crippen molar-refractivity contribution in [1.82, 2.24) is 14.5 Å². The summed E-state index contributed by atoms with van der Waals surface area (Å²) < 4.78 is 40.7. The van der Waals surface area contributed by atoms with Crippen LogP contribution in [-0.2, 0) is 13.2 Å². The maximum absolute atomic E-state index is 12.9. The zero-order valence-corrected chi connectivity index (χ0v) is 13.5. The van der Waals surface area contributed by atoms with Crippen LogP contribution in [0, 0.1) is 0 Å². The molecule has 0 aliphatic rings. The number of alkyl halides is 3. The van der Waals surface area contributed by atoms with Crippen molar-refractivity contribution in [1.29, 1.82) is 0 Å². The molecule has 0 saturated heterocycles. The van der Waals surface area contributed by atoms with E-state index in [1.54, 1.807) is 29.9 Å². The number of fused-ring (bicyclic) bond motifs is 1. The molecule has 114 valence electrons. The van der Waals surface area contributed by atoms with E-state index in [0.29, 0.717) is 26.5 Å². The maximum Gasteiger partial charge on any atom is 0.416 e. The number of hydrogen-bond donors (Lipinski definition) is 0. The monoisotopic (exact) mass is 389 g/mol. The van der Waals surface area contributed by atoms with Gasteiger partial charge in [0.25, 0.3) is 0 Å². The summed E-state index contributed by atoms with van der Waals surface area (Å²) >= 11 is 9.28. The Hall–Kier alpha value is -1.60. The number of hydrogen-bond acceptors (Lipinski definition) is 2. The number of imidazole rings is 1. The van der Waals surface area contributed by atoms with Crippen LogP contribution in [0.5, 0.6) is 0 Å².